The minimum atomic E-state index is 0.304. The second-order valence-corrected chi connectivity index (χ2v) is 7.18. The average molecular weight is 296 g/mol. The number of aromatic amines is 1. The third-order valence-corrected chi connectivity index (χ3v) is 5.43. The number of fused-ring (bicyclic) bond motifs is 3. The first kappa shape index (κ1) is 13.9. The van der Waals surface area contributed by atoms with Crippen molar-refractivity contribution in [1.82, 2.24) is 9.88 Å². The highest BCUT2D eigenvalue weighted by Gasteiger charge is 2.32. The molecular formula is C19H24N2O. The van der Waals surface area contributed by atoms with Crippen molar-refractivity contribution in [3.8, 4) is 0 Å². The van der Waals surface area contributed by atoms with Gasteiger partial charge in [-0.1, -0.05) is 26.3 Å². The molecule has 3 heteroatoms. The lowest BCUT2D eigenvalue weighted by Gasteiger charge is -2.34. The molecule has 1 amide bonds. The number of nitrogens with one attached hydrogen (secondary N) is 1. The molecule has 0 saturated heterocycles. The summed E-state index contributed by atoms with van der Waals surface area (Å²) in [6.45, 7) is 6.11. The Morgan fingerprint density at radius 3 is 2.82 bits per heavy atom. The predicted octanol–water partition coefficient (Wildman–Crippen LogP) is 3.98. The van der Waals surface area contributed by atoms with Gasteiger partial charge in [0, 0.05) is 47.6 Å². The summed E-state index contributed by atoms with van der Waals surface area (Å²) in [6.07, 6.45) is 4.36. The van der Waals surface area contributed by atoms with Crippen molar-refractivity contribution >= 4 is 16.8 Å². The molecule has 3 nitrogen and oxygen atoms in total. The predicted molar refractivity (Wildman–Crippen MR) is 88.8 cm³/mol. The summed E-state index contributed by atoms with van der Waals surface area (Å²) in [5, 5.41) is 1.31. The van der Waals surface area contributed by atoms with E-state index >= 15 is 0 Å². The second-order valence-electron chi connectivity index (χ2n) is 7.18. The molecule has 0 radical (unpaired) electrons. The van der Waals surface area contributed by atoms with E-state index in [1.54, 1.807) is 0 Å². The number of benzene rings is 1. The fraction of sp³-hybridized carbons (Fsp3) is 0.526. The zero-order chi connectivity index (χ0) is 15.3. The Morgan fingerprint density at radius 1 is 1.32 bits per heavy atom. The molecule has 1 saturated carbocycles. The number of carbonyl (C=O) groups is 1. The number of amides is 1. The molecule has 1 aliphatic carbocycles. The highest BCUT2D eigenvalue weighted by molar-refractivity contribution is 5.87. The van der Waals surface area contributed by atoms with Crippen molar-refractivity contribution in [3.05, 3.63) is 35.0 Å². The summed E-state index contributed by atoms with van der Waals surface area (Å²) in [7, 11) is 0. The third-order valence-electron chi connectivity index (χ3n) is 5.43. The van der Waals surface area contributed by atoms with Crippen molar-refractivity contribution in [3.63, 3.8) is 0 Å². The summed E-state index contributed by atoms with van der Waals surface area (Å²) < 4.78 is 0. The Bertz CT molecular complexity index is 724. The fourth-order valence-electron chi connectivity index (χ4n) is 3.69. The van der Waals surface area contributed by atoms with Gasteiger partial charge in [-0.3, -0.25) is 4.79 Å². The van der Waals surface area contributed by atoms with Gasteiger partial charge in [0.05, 0.1) is 0 Å². The number of nitrogens with zero attached hydrogens (tertiary/aromatic N) is 1. The number of H-pyrrole nitrogens is 1. The SMILES string of the molecule is CC(C)c1ccc2[nH]c3c(c2c1)CN(C(=O)C1CCC1)CC3. The van der Waals surface area contributed by atoms with E-state index in [0.29, 0.717) is 17.7 Å². The lowest BCUT2D eigenvalue weighted by molar-refractivity contribution is -0.139. The molecule has 1 aliphatic heterocycles. The lowest BCUT2D eigenvalue weighted by atomic mass is 9.84. The molecule has 4 rings (SSSR count). The summed E-state index contributed by atoms with van der Waals surface area (Å²) in [5.74, 6) is 1.22. The minimum absolute atomic E-state index is 0.304. The van der Waals surface area contributed by atoms with E-state index in [-0.39, 0.29) is 0 Å². The van der Waals surface area contributed by atoms with E-state index in [4.69, 9.17) is 0 Å². The van der Waals surface area contributed by atoms with Gasteiger partial charge >= 0.3 is 0 Å². The van der Waals surface area contributed by atoms with E-state index in [0.717, 1.165) is 32.4 Å². The Labute approximate surface area is 131 Å². The van der Waals surface area contributed by atoms with Crippen LogP contribution in [0.5, 0.6) is 0 Å². The molecule has 22 heavy (non-hydrogen) atoms. The van der Waals surface area contributed by atoms with Crippen LogP contribution in [0.3, 0.4) is 0 Å². The maximum Gasteiger partial charge on any atom is 0.225 e. The summed E-state index contributed by atoms with van der Waals surface area (Å²) in [6, 6.07) is 6.72. The van der Waals surface area contributed by atoms with Crippen LogP contribution in [0.2, 0.25) is 0 Å². The number of hydrogen-bond acceptors (Lipinski definition) is 1. The van der Waals surface area contributed by atoms with Gasteiger partial charge in [-0.05, 0) is 36.5 Å². The van der Waals surface area contributed by atoms with Crippen LogP contribution in [0.4, 0.5) is 0 Å². The first-order valence-electron chi connectivity index (χ1n) is 8.55. The van der Waals surface area contributed by atoms with E-state index in [1.807, 2.05) is 0 Å². The van der Waals surface area contributed by atoms with Gasteiger partial charge in [-0.15, -0.1) is 0 Å². The van der Waals surface area contributed by atoms with Crippen LogP contribution in [0.15, 0.2) is 18.2 Å². The molecule has 2 aromatic rings. The van der Waals surface area contributed by atoms with Crippen LogP contribution in [-0.2, 0) is 17.8 Å². The monoisotopic (exact) mass is 296 g/mol. The van der Waals surface area contributed by atoms with Gasteiger partial charge in [-0.25, -0.2) is 0 Å². The summed E-state index contributed by atoms with van der Waals surface area (Å²) in [5.41, 5.74) is 5.26. The first-order chi connectivity index (χ1) is 10.6. The highest BCUT2D eigenvalue weighted by atomic mass is 16.2. The largest absolute Gasteiger partial charge is 0.358 e. The van der Waals surface area contributed by atoms with Crippen LogP contribution in [0, 0.1) is 5.92 Å². The molecule has 2 aliphatic rings. The second kappa shape index (κ2) is 5.15. The Morgan fingerprint density at radius 2 is 2.14 bits per heavy atom. The maximum atomic E-state index is 12.5. The Hall–Kier alpha value is -1.77. The maximum absolute atomic E-state index is 12.5. The van der Waals surface area contributed by atoms with Gasteiger partial charge in [-0.2, -0.15) is 0 Å². The minimum Gasteiger partial charge on any atom is -0.358 e. The third kappa shape index (κ3) is 2.15. The molecule has 0 atom stereocenters. The molecule has 0 spiro atoms. The van der Waals surface area contributed by atoms with Gasteiger partial charge in [0.1, 0.15) is 0 Å². The number of hydrogen-bond donors (Lipinski definition) is 1. The molecule has 116 valence electrons. The average Bonchev–Trinajstić information content (AvgIpc) is 2.82. The van der Waals surface area contributed by atoms with E-state index < -0.39 is 0 Å². The molecular weight excluding hydrogens is 272 g/mol. The molecule has 1 fully saturated rings. The van der Waals surface area contributed by atoms with Gasteiger partial charge < -0.3 is 9.88 Å². The number of carbonyl (C=O) groups excluding carboxylic acids is 1. The van der Waals surface area contributed by atoms with Crippen molar-refractivity contribution in [2.24, 2.45) is 5.92 Å². The topological polar surface area (TPSA) is 36.1 Å². The van der Waals surface area contributed by atoms with E-state index in [9.17, 15) is 4.79 Å². The quantitative estimate of drug-likeness (QED) is 0.894. The summed E-state index contributed by atoms with van der Waals surface area (Å²) in [4.78, 5) is 18.2. The van der Waals surface area contributed by atoms with Crippen molar-refractivity contribution in [1.29, 1.82) is 0 Å². The number of aromatic nitrogens is 1. The standard InChI is InChI=1S/C19H24N2O/c1-12(2)14-6-7-17-15(10-14)16-11-21(9-8-18(16)20-17)19(22)13-4-3-5-13/h6-7,10,12-13,20H,3-5,8-9,11H2,1-2H3. The highest BCUT2D eigenvalue weighted by Crippen LogP contribution is 2.33. The van der Waals surface area contributed by atoms with Gasteiger partial charge in [0.15, 0.2) is 0 Å². The van der Waals surface area contributed by atoms with Crippen LogP contribution < -0.4 is 0 Å². The van der Waals surface area contributed by atoms with Crippen molar-refractivity contribution in [2.75, 3.05) is 6.54 Å². The molecule has 1 aromatic carbocycles. The number of rotatable bonds is 2. The molecule has 1 N–H and O–H groups in total. The summed E-state index contributed by atoms with van der Waals surface area (Å²) >= 11 is 0. The normalized spacial score (nSPS) is 18.6. The smallest absolute Gasteiger partial charge is 0.225 e. The van der Waals surface area contributed by atoms with Crippen LogP contribution in [-0.4, -0.2) is 22.3 Å². The van der Waals surface area contributed by atoms with Gasteiger partial charge in [0.2, 0.25) is 5.91 Å². The zero-order valence-electron chi connectivity index (χ0n) is 13.5. The fourth-order valence-corrected chi connectivity index (χ4v) is 3.69. The van der Waals surface area contributed by atoms with Gasteiger partial charge in [0.25, 0.3) is 0 Å². The van der Waals surface area contributed by atoms with Crippen LogP contribution >= 0.6 is 0 Å². The van der Waals surface area contributed by atoms with E-state index in [2.05, 4.69) is 41.9 Å². The van der Waals surface area contributed by atoms with Crippen molar-refractivity contribution in [2.45, 2.75) is 52.0 Å². The zero-order valence-corrected chi connectivity index (χ0v) is 13.5. The Balaban J connectivity index is 1.68. The Kier molecular flexibility index (Phi) is 3.24. The van der Waals surface area contributed by atoms with Crippen LogP contribution in [0.25, 0.3) is 10.9 Å². The molecule has 1 aromatic heterocycles. The van der Waals surface area contributed by atoms with E-state index in [1.165, 1.54) is 34.1 Å². The molecule has 0 bridgehead atoms. The lowest BCUT2D eigenvalue weighted by Crippen LogP contribution is -2.41. The van der Waals surface area contributed by atoms with Crippen LogP contribution in [0.1, 0.15) is 55.8 Å². The van der Waals surface area contributed by atoms with Crippen molar-refractivity contribution < 1.29 is 4.79 Å². The first-order valence-corrected chi connectivity index (χ1v) is 8.55. The molecule has 0 unspecified atom stereocenters. The molecule has 2 heterocycles.